The van der Waals surface area contributed by atoms with Crippen LogP contribution >= 0.6 is 0 Å². The standard InChI is InChI=1S/C20H24N2O2/c1-15(23)18(13-16-9-5-3-6-10-16)22-20(24)19(21-2)14-17-11-7-4-8-12-17/h3-12,18-19,21H,13-14H2,1-2H3,(H,22,24). The Labute approximate surface area is 143 Å². The van der Waals surface area contributed by atoms with E-state index in [0.717, 1.165) is 11.1 Å². The first-order valence-electron chi connectivity index (χ1n) is 8.16. The minimum absolute atomic E-state index is 0.0400. The molecule has 2 atom stereocenters. The molecule has 4 heteroatoms. The van der Waals surface area contributed by atoms with Gasteiger partial charge >= 0.3 is 0 Å². The predicted octanol–water partition coefficient (Wildman–Crippen LogP) is 2.13. The average molecular weight is 324 g/mol. The molecule has 24 heavy (non-hydrogen) atoms. The fourth-order valence-corrected chi connectivity index (χ4v) is 2.59. The summed E-state index contributed by atoms with van der Waals surface area (Å²) >= 11 is 0. The van der Waals surface area contributed by atoms with Crippen LogP contribution in [0.3, 0.4) is 0 Å². The van der Waals surface area contributed by atoms with Crippen molar-refractivity contribution in [3.63, 3.8) is 0 Å². The van der Waals surface area contributed by atoms with Gasteiger partial charge in [0.15, 0.2) is 5.78 Å². The number of carbonyl (C=O) groups is 2. The molecule has 2 unspecified atom stereocenters. The summed E-state index contributed by atoms with van der Waals surface area (Å²) in [5, 5.41) is 5.92. The summed E-state index contributed by atoms with van der Waals surface area (Å²) in [6.45, 7) is 1.51. The Morgan fingerprint density at radius 1 is 0.833 bits per heavy atom. The van der Waals surface area contributed by atoms with Crippen molar-refractivity contribution in [1.29, 1.82) is 0 Å². The Morgan fingerprint density at radius 3 is 1.71 bits per heavy atom. The summed E-state index contributed by atoms with van der Waals surface area (Å²) in [4.78, 5) is 24.5. The third-order valence-electron chi connectivity index (χ3n) is 4.04. The quantitative estimate of drug-likeness (QED) is 0.782. The molecule has 1 amide bonds. The molecule has 0 radical (unpaired) electrons. The maximum Gasteiger partial charge on any atom is 0.238 e. The first kappa shape index (κ1) is 17.9. The second-order valence-electron chi connectivity index (χ2n) is 5.89. The first-order valence-corrected chi connectivity index (χ1v) is 8.16. The van der Waals surface area contributed by atoms with E-state index >= 15 is 0 Å². The second kappa shape index (κ2) is 8.99. The Kier molecular flexibility index (Phi) is 6.70. The third-order valence-corrected chi connectivity index (χ3v) is 4.04. The van der Waals surface area contributed by atoms with Crippen LogP contribution in [0.25, 0.3) is 0 Å². The molecule has 0 fully saturated rings. The number of likely N-dealkylation sites (N-methyl/N-ethyl adjacent to an activating group) is 1. The van der Waals surface area contributed by atoms with Crippen molar-refractivity contribution in [3.05, 3.63) is 71.8 Å². The van der Waals surface area contributed by atoms with Crippen molar-refractivity contribution in [3.8, 4) is 0 Å². The van der Waals surface area contributed by atoms with Gasteiger partial charge in [0, 0.05) is 0 Å². The molecule has 4 nitrogen and oxygen atoms in total. The fraction of sp³-hybridized carbons (Fsp3) is 0.300. The smallest absolute Gasteiger partial charge is 0.238 e. The van der Waals surface area contributed by atoms with Crippen LogP contribution in [0.4, 0.5) is 0 Å². The summed E-state index contributed by atoms with van der Waals surface area (Å²) < 4.78 is 0. The zero-order chi connectivity index (χ0) is 17.4. The normalized spacial score (nSPS) is 13.1. The van der Waals surface area contributed by atoms with Crippen molar-refractivity contribution in [2.24, 2.45) is 0 Å². The van der Waals surface area contributed by atoms with Gasteiger partial charge < -0.3 is 10.6 Å². The molecule has 0 saturated carbocycles. The van der Waals surface area contributed by atoms with E-state index in [2.05, 4.69) is 10.6 Å². The molecule has 0 aromatic heterocycles. The van der Waals surface area contributed by atoms with Crippen LogP contribution < -0.4 is 10.6 Å². The minimum Gasteiger partial charge on any atom is -0.345 e. The number of benzene rings is 2. The van der Waals surface area contributed by atoms with E-state index in [1.54, 1.807) is 7.05 Å². The highest BCUT2D eigenvalue weighted by atomic mass is 16.2. The molecular weight excluding hydrogens is 300 g/mol. The molecular formula is C20H24N2O2. The molecule has 2 aromatic rings. The summed E-state index contributed by atoms with van der Waals surface area (Å²) in [5.41, 5.74) is 2.11. The molecule has 0 spiro atoms. The van der Waals surface area contributed by atoms with Gasteiger partial charge in [-0.15, -0.1) is 0 Å². The maximum absolute atomic E-state index is 12.6. The zero-order valence-electron chi connectivity index (χ0n) is 14.2. The van der Waals surface area contributed by atoms with Gasteiger partial charge in [0.25, 0.3) is 0 Å². The lowest BCUT2D eigenvalue weighted by Gasteiger charge is -2.21. The van der Waals surface area contributed by atoms with Crippen molar-refractivity contribution in [1.82, 2.24) is 10.6 Å². The van der Waals surface area contributed by atoms with Crippen molar-refractivity contribution in [2.45, 2.75) is 31.8 Å². The highest BCUT2D eigenvalue weighted by Gasteiger charge is 2.23. The lowest BCUT2D eigenvalue weighted by Crippen LogP contribution is -2.50. The molecule has 2 aromatic carbocycles. The van der Waals surface area contributed by atoms with Gasteiger partial charge in [0.2, 0.25) is 5.91 Å². The number of Topliss-reactive ketones (excluding diaryl/α,β-unsaturated/α-hetero) is 1. The average Bonchev–Trinajstić information content (AvgIpc) is 2.60. The number of amides is 1. The monoisotopic (exact) mass is 324 g/mol. The SMILES string of the molecule is CNC(Cc1ccccc1)C(=O)NC(Cc1ccccc1)C(C)=O. The van der Waals surface area contributed by atoms with E-state index < -0.39 is 6.04 Å². The van der Waals surface area contributed by atoms with Gasteiger partial charge in [-0.1, -0.05) is 60.7 Å². The Morgan fingerprint density at radius 2 is 1.29 bits per heavy atom. The Balaban J connectivity index is 2.01. The van der Waals surface area contributed by atoms with Gasteiger partial charge in [0.1, 0.15) is 0 Å². The summed E-state index contributed by atoms with van der Waals surface area (Å²) in [6.07, 6.45) is 1.09. The van der Waals surface area contributed by atoms with Crippen LogP contribution in [0, 0.1) is 0 Å². The molecule has 0 saturated heterocycles. The van der Waals surface area contributed by atoms with E-state index in [0.29, 0.717) is 12.8 Å². The zero-order valence-corrected chi connectivity index (χ0v) is 14.2. The topological polar surface area (TPSA) is 58.2 Å². The summed E-state index contributed by atoms with van der Waals surface area (Å²) in [7, 11) is 1.76. The van der Waals surface area contributed by atoms with Crippen LogP contribution in [0.5, 0.6) is 0 Å². The van der Waals surface area contributed by atoms with Gasteiger partial charge in [-0.3, -0.25) is 9.59 Å². The van der Waals surface area contributed by atoms with E-state index in [9.17, 15) is 9.59 Å². The lowest BCUT2D eigenvalue weighted by molar-refractivity contribution is -0.128. The third kappa shape index (κ3) is 5.32. The number of hydrogen-bond donors (Lipinski definition) is 2. The summed E-state index contributed by atoms with van der Waals surface area (Å²) in [6, 6.07) is 18.7. The van der Waals surface area contributed by atoms with Crippen LogP contribution in [-0.4, -0.2) is 30.8 Å². The number of ketones is 1. The largest absolute Gasteiger partial charge is 0.345 e. The van der Waals surface area contributed by atoms with E-state index in [1.165, 1.54) is 6.92 Å². The maximum atomic E-state index is 12.6. The van der Waals surface area contributed by atoms with Crippen molar-refractivity contribution >= 4 is 11.7 Å². The highest BCUT2D eigenvalue weighted by molar-refractivity contribution is 5.90. The molecule has 2 N–H and O–H groups in total. The van der Waals surface area contributed by atoms with Crippen molar-refractivity contribution in [2.75, 3.05) is 7.05 Å². The summed E-state index contributed by atoms with van der Waals surface area (Å²) in [5.74, 6) is -0.195. The second-order valence-corrected chi connectivity index (χ2v) is 5.89. The van der Waals surface area contributed by atoms with Crippen LogP contribution in [0.1, 0.15) is 18.1 Å². The number of hydrogen-bond acceptors (Lipinski definition) is 3. The van der Waals surface area contributed by atoms with Gasteiger partial charge in [-0.2, -0.15) is 0 Å². The molecule has 0 aliphatic rings. The number of carbonyl (C=O) groups excluding carboxylic acids is 2. The van der Waals surface area contributed by atoms with E-state index in [4.69, 9.17) is 0 Å². The van der Waals surface area contributed by atoms with Crippen LogP contribution in [-0.2, 0) is 22.4 Å². The molecule has 0 aliphatic heterocycles. The van der Waals surface area contributed by atoms with Crippen LogP contribution in [0.2, 0.25) is 0 Å². The molecule has 0 heterocycles. The predicted molar refractivity (Wildman–Crippen MR) is 95.8 cm³/mol. The first-order chi connectivity index (χ1) is 11.6. The van der Waals surface area contributed by atoms with E-state index in [1.807, 2.05) is 60.7 Å². The highest BCUT2D eigenvalue weighted by Crippen LogP contribution is 2.07. The van der Waals surface area contributed by atoms with Crippen LogP contribution in [0.15, 0.2) is 60.7 Å². The molecule has 0 bridgehead atoms. The minimum atomic E-state index is -0.508. The Bertz CT molecular complexity index is 656. The lowest BCUT2D eigenvalue weighted by atomic mass is 10.0. The molecule has 126 valence electrons. The van der Waals surface area contributed by atoms with E-state index in [-0.39, 0.29) is 17.7 Å². The fourth-order valence-electron chi connectivity index (χ4n) is 2.59. The van der Waals surface area contributed by atoms with Crippen molar-refractivity contribution < 1.29 is 9.59 Å². The molecule has 0 aliphatic carbocycles. The molecule has 2 rings (SSSR count). The number of nitrogens with one attached hydrogen (secondary N) is 2. The van der Waals surface area contributed by atoms with Gasteiger partial charge in [0.05, 0.1) is 12.1 Å². The Hall–Kier alpha value is -2.46. The van der Waals surface area contributed by atoms with Gasteiger partial charge in [-0.05, 0) is 37.9 Å². The number of rotatable bonds is 8. The van der Waals surface area contributed by atoms with Gasteiger partial charge in [-0.25, -0.2) is 0 Å².